The zero-order chi connectivity index (χ0) is 22.0. The molecule has 0 saturated heterocycles. The fourth-order valence-corrected chi connectivity index (χ4v) is 4.98. The third-order valence-electron chi connectivity index (χ3n) is 5.19. The normalized spacial score (nSPS) is 12.1. The van der Waals surface area contributed by atoms with Crippen LogP contribution in [0.5, 0.6) is 0 Å². The molecule has 2 aromatic carbocycles. The Morgan fingerprint density at radius 2 is 1.94 bits per heavy atom. The number of thiophene rings is 1. The molecule has 2 aromatic heterocycles. The number of hydrogen-bond acceptors (Lipinski definition) is 5. The molecular weight excluding hydrogens is 426 g/mol. The SMILES string of the molecule is Cc1ccc(NC(=O)CSC(C)c2nc3scc(-c4ccccc4)c3c(=O)[nH]2)cc1C. The van der Waals surface area contributed by atoms with Crippen LogP contribution in [0.25, 0.3) is 21.3 Å². The third kappa shape index (κ3) is 4.73. The van der Waals surface area contributed by atoms with Crippen LogP contribution in [0.4, 0.5) is 5.69 Å². The second kappa shape index (κ2) is 9.08. The van der Waals surface area contributed by atoms with Gasteiger partial charge in [0.15, 0.2) is 0 Å². The fraction of sp³-hybridized carbons (Fsp3) is 0.208. The van der Waals surface area contributed by atoms with E-state index in [0.717, 1.165) is 22.4 Å². The van der Waals surface area contributed by atoms with Crippen molar-refractivity contribution in [1.29, 1.82) is 0 Å². The Hall–Kier alpha value is -2.90. The van der Waals surface area contributed by atoms with Crippen LogP contribution in [0, 0.1) is 13.8 Å². The average Bonchev–Trinajstić information content (AvgIpc) is 3.20. The lowest BCUT2D eigenvalue weighted by Crippen LogP contribution is -2.16. The third-order valence-corrected chi connectivity index (χ3v) is 7.21. The number of nitrogens with zero attached hydrogens (tertiary/aromatic N) is 1. The number of thioether (sulfide) groups is 1. The zero-order valence-corrected chi connectivity index (χ0v) is 19.2. The number of aromatic nitrogens is 2. The lowest BCUT2D eigenvalue weighted by Gasteiger charge is -2.11. The van der Waals surface area contributed by atoms with Crippen molar-refractivity contribution in [2.45, 2.75) is 26.0 Å². The summed E-state index contributed by atoms with van der Waals surface area (Å²) in [5, 5.41) is 5.40. The molecule has 2 N–H and O–H groups in total. The van der Waals surface area contributed by atoms with Crippen molar-refractivity contribution in [2.75, 3.05) is 11.1 Å². The summed E-state index contributed by atoms with van der Waals surface area (Å²) in [6, 6.07) is 15.7. The first-order chi connectivity index (χ1) is 14.9. The Bertz CT molecular complexity index is 1300. The molecule has 7 heteroatoms. The summed E-state index contributed by atoms with van der Waals surface area (Å²) in [5.74, 6) is 0.782. The van der Waals surface area contributed by atoms with E-state index in [4.69, 9.17) is 0 Å². The highest BCUT2D eigenvalue weighted by Gasteiger charge is 2.17. The number of carbonyl (C=O) groups excluding carboxylic acids is 1. The Kier molecular flexibility index (Phi) is 6.25. The number of amides is 1. The van der Waals surface area contributed by atoms with Gasteiger partial charge in [-0.1, -0.05) is 36.4 Å². The van der Waals surface area contributed by atoms with Crippen molar-refractivity contribution < 1.29 is 4.79 Å². The van der Waals surface area contributed by atoms with Crippen molar-refractivity contribution in [2.24, 2.45) is 0 Å². The van der Waals surface area contributed by atoms with Gasteiger partial charge in [0.05, 0.1) is 16.4 Å². The topological polar surface area (TPSA) is 74.8 Å². The van der Waals surface area contributed by atoms with E-state index in [0.29, 0.717) is 16.0 Å². The molecule has 4 rings (SSSR count). The largest absolute Gasteiger partial charge is 0.325 e. The second-order valence-corrected chi connectivity index (χ2v) is 9.63. The van der Waals surface area contributed by atoms with E-state index < -0.39 is 0 Å². The van der Waals surface area contributed by atoms with Crippen LogP contribution in [-0.2, 0) is 4.79 Å². The number of hydrogen-bond donors (Lipinski definition) is 2. The van der Waals surface area contributed by atoms with Gasteiger partial charge in [-0.3, -0.25) is 9.59 Å². The lowest BCUT2D eigenvalue weighted by molar-refractivity contribution is -0.113. The molecular formula is C24H23N3O2S2. The first-order valence-electron chi connectivity index (χ1n) is 9.98. The van der Waals surface area contributed by atoms with Gasteiger partial charge >= 0.3 is 0 Å². The summed E-state index contributed by atoms with van der Waals surface area (Å²) in [6.07, 6.45) is 0. The summed E-state index contributed by atoms with van der Waals surface area (Å²) in [4.78, 5) is 33.5. The van der Waals surface area contributed by atoms with Gasteiger partial charge < -0.3 is 10.3 Å². The molecule has 2 heterocycles. The number of anilines is 1. The molecule has 31 heavy (non-hydrogen) atoms. The van der Waals surface area contributed by atoms with E-state index in [2.05, 4.69) is 15.3 Å². The molecule has 0 aliphatic rings. The van der Waals surface area contributed by atoms with E-state index in [1.165, 1.54) is 28.7 Å². The number of nitrogens with one attached hydrogen (secondary N) is 2. The van der Waals surface area contributed by atoms with Gasteiger partial charge in [0.25, 0.3) is 5.56 Å². The van der Waals surface area contributed by atoms with E-state index in [1.807, 2.05) is 74.7 Å². The maximum absolute atomic E-state index is 12.8. The minimum absolute atomic E-state index is 0.0778. The van der Waals surface area contributed by atoms with E-state index >= 15 is 0 Å². The fourth-order valence-electron chi connectivity index (χ4n) is 3.28. The van der Waals surface area contributed by atoms with Crippen LogP contribution >= 0.6 is 23.1 Å². The van der Waals surface area contributed by atoms with Crippen molar-refractivity contribution in [3.8, 4) is 11.1 Å². The maximum atomic E-state index is 12.8. The number of rotatable bonds is 6. The van der Waals surface area contributed by atoms with Crippen LogP contribution < -0.4 is 10.9 Å². The van der Waals surface area contributed by atoms with Gasteiger partial charge in [-0.25, -0.2) is 4.98 Å². The Balaban J connectivity index is 1.46. The summed E-state index contributed by atoms with van der Waals surface area (Å²) in [6.45, 7) is 6.01. The van der Waals surface area contributed by atoms with Crippen LogP contribution in [0.15, 0.2) is 58.7 Å². The average molecular weight is 450 g/mol. The highest BCUT2D eigenvalue weighted by molar-refractivity contribution is 8.00. The molecule has 0 aliphatic carbocycles. The number of fused-ring (bicyclic) bond motifs is 1. The van der Waals surface area contributed by atoms with Crippen LogP contribution in [0.3, 0.4) is 0 Å². The van der Waals surface area contributed by atoms with Crippen molar-refractivity contribution in [1.82, 2.24) is 9.97 Å². The number of benzene rings is 2. The molecule has 5 nitrogen and oxygen atoms in total. The minimum Gasteiger partial charge on any atom is -0.325 e. The number of aryl methyl sites for hydroxylation is 2. The van der Waals surface area contributed by atoms with Crippen LogP contribution in [0.1, 0.15) is 29.1 Å². The van der Waals surface area contributed by atoms with Gasteiger partial charge in [-0.05, 0) is 49.6 Å². The highest BCUT2D eigenvalue weighted by atomic mass is 32.2. The Morgan fingerprint density at radius 3 is 2.68 bits per heavy atom. The Morgan fingerprint density at radius 1 is 1.16 bits per heavy atom. The second-order valence-electron chi connectivity index (χ2n) is 7.45. The summed E-state index contributed by atoms with van der Waals surface area (Å²) >= 11 is 2.91. The highest BCUT2D eigenvalue weighted by Crippen LogP contribution is 2.32. The van der Waals surface area contributed by atoms with Gasteiger partial charge in [0, 0.05) is 16.6 Å². The van der Waals surface area contributed by atoms with Crippen molar-refractivity contribution in [3.05, 3.63) is 81.2 Å². The van der Waals surface area contributed by atoms with Gasteiger partial charge in [0.1, 0.15) is 10.7 Å². The smallest absolute Gasteiger partial charge is 0.260 e. The molecule has 0 aliphatic heterocycles. The molecule has 0 spiro atoms. The zero-order valence-electron chi connectivity index (χ0n) is 17.6. The summed E-state index contributed by atoms with van der Waals surface area (Å²) < 4.78 is 0. The van der Waals surface area contributed by atoms with E-state index in [1.54, 1.807) is 0 Å². The molecule has 0 saturated carbocycles. The van der Waals surface area contributed by atoms with Gasteiger partial charge in [-0.15, -0.1) is 23.1 Å². The molecule has 4 aromatic rings. The predicted molar refractivity (Wildman–Crippen MR) is 131 cm³/mol. The van der Waals surface area contributed by atoms with E-state index in [9.17, 15) is 9.59 Å². The predicted octanol–water partition coefficient (Wildman–Crippen LogP) is 5.70. The van der Waals surface area contributed by atoms with Crippen LogP contribution in [-0.4, -0.2) is 21.6 Å². The minimum atomic E-state index is -0.146. The standard InChI is InChI=1S/C24H23N3O2S2/c1-14-9-10-18(11-15(14)2)25-20(28)13-30-16(3)22-26-23(29)21-19(12-31-24(21)27-22)17-7-5-4-6-8-17/h4-12,16H,13H2,1-3H3,(H,25,28)(H,26,27,29). The van der Waals surface area contributed by atoms with Crippen LogP contribution in [0.2, 0.25) is 0 Å². The molecule has 1 unspecified atom stereocenters. The summed E-state index contributed by atoms with van der Waals surface area (Å²) in [5.41, 5.74) is 4.87. The molecule has 1 amide bonds. The van der Waals surface area contributed by atoms with Crippen molar-refractivity contribution in [3.63, 3.8) is 0 Å². The van der Waals surface area contributed by atoms with Gasteiger partial charge in [-0.2, -0.15) is 0 Å². The number of H-pyrrole nitrogens is 1. The molecule has 1 atom stereocenters. The maximum Gasteiger partial charge on any atom is 0.260 e. The van der Waals surface area contributed by atoms with Gasteiger partial charge in [0.2, 0.25) is 5.91 Å². The Labute approximate surface area is 188 Å². The monoisotopic (exact) mass is 449 g/mol. The van der Waals surface area contributed by atoms with E-state index in [-0.39, 0.29) is 22.5 Å². The molecule has 158 valence electrons. The number of carbonyl (C=O) groups is 1. The first-order valence-corrected chi connectivity index (χ1v) is 11.9. The molecule has 0 bridgehead atoms. The first kappa shape index (κ1) is 21.3. The summed E-state index contributed by atoms with van der Waals surface area (Å²) in [7, 11) is 0. The number of aromatic amines is 1. The quantitative estimate of drug-likeness (QED) is 0.396. The van der Waals surface area contributed by atoms with Crippen molar-refractivity contribution >= 4 is 44.9 Å². The lowest BCUT2D eigenvalue weighted by atomic mass is 10.1. The molecule has 0 fully saturated rings. The molecule has 0 radical (unpaired) electrons.